The Morgan fingerprint density at radius 1 is 1.71 bits per heavy atom. The predicted molar refractivity (Wildman–Crippen MR) is 47.9 cm³/mol. The lowest BCUT2D eigenvalue weighted by atomic mass is 9.72. The maximum Gasteiger partial charge on any atom is 0.303 e. The number of hydrogen-bond acceptors (Lipinski definition) is 3. The molecular weight excluding hydrogens is 184 g/mol. The summed E-state index contributed by atoms with van der Waals surface area (Å²) < 4.78 is 5.30. The Balaban J connectivity index is 1.96. The second-order valence-corrected chi connectivity index (χ2v) is 4.49. The quantitative estimate of drug-likeness (QED) is 0.686. The lowest BCUT2D eigenvalue weighted by Gasteiger charge is -2.29. The molecule has 2 rings (SSSR count). The zero-order chi connectivity index (χ0) is 10.3. The molecule has 0 aromatic carbocycles. The molecule has 1 heterocycles. The Hall–Kier alpha value is -0.900. The van der Waals surface area contributed by atoms with Crippen molar-refractivity contribution >= 4 is 11.8 Å². The Morgan fingerprint density at radius 2 is 2.43 bits per heavy atom. The normalized spacial score (nSPS) is 40.5. The van der Waals surface area contributed by atoms with Crippen molar-refractivity contribution < 1.29 is 19.4 Å². The number of carboxylic acid groups (broad SMARTS) is 1. The molecule has 3 atom stereocenters. The molecule has 1 saturated heterocycles. The molecule has 4 heteroatoms. The third-order valence-electron chi connectivity index (χ3n) is 3.35. The fourth-order valence-electron chi connectivity index (χ4n) is 2.24. The summed E-state index contributed by atoms with van der Waals surface area (Å²) >= 11 is 0. The van der Waals surface area contributed by atoms with Gasteiger partial charge in [0.15, 0.2) is 5.78 Å². The average molecular weight is 198 g/mol. The molecule has 14 heavy (non-hydrogen) atoms. The minimum absolute atomic E-state index is 0.0110. The van der Waals surface area contributed by atoms with Crippen LogP contribution in [-0.4, -0.2) is 29.1 Å². The molecule has 0 radical (unpaired) electrons. The molecular formula is C10H14O4. The van der Waals surface area contributed by atoms with Gasteiger partial charge in [0, 0.05) is 12.8 Å². The van der Waals surface area contributed by atoms with E-state index < -0.39 is 5.97 Å². The fraction of sp³-hybridized carbons (Fsp3) is 0.800. The van der Waals surface area contributed by atoms with Crippen LogP contribution in [0.4, 0.5) is 0 Å². The summed E-state index contributed by atoms with van der Waals surface area (Å²) in [5.74, 6) is -0.594. The van der Waals surface area contributed by atoms with Crippen molar-refractivity contribution in [3.8, 4) is 0 Å². The van der Waals surface area contributed by atoms with Gasteiger partial charge in [-0.2, -0.15) is 0 Å². The van der Waals surface area contributed by atoms with E-state index in [2.05, 4.69) is 0 Å². The van der Waals surface area contributed by atoms with Crippen molar-refractivity contribution in [2.24, 2.45) is 5.41 Å². The first kappa shape index (κ1) is 9.65. The highest BCUT2D eigenvalue weighted by Gasteiger charge is 2.58. The van der Waals surface area contributed by atoms with E-state index in [-0.39, 0.29) is 29.8 Å². The largest absolute Gasteiger partial charge is 0.481 e. The van der Waals surface area contributed by atoms with Crippen LogP contribution >= 0.6 is 0 Å². The van der Waals surface area contributed by atoms with Crippen molar-refractivity contribution in [2.75, 3.05) is 0 Å². The topological polar surface area (TPSA) is 66.9 Å². The number of rotatable bonds is 3. The molecule has 1 saturated carbocycles. The molecule has 0 bridgehead atoms. The van der Waals surface area contributed by atoms with Crippen molar-refractivity contribution in [1.29, 1.82) is 0 Å². The van der Waals surface area contributed by atoms with E-state index in [0.717, 1.165) is 6.42 Å². The number of Topliss-reactive ketones (excluding diaryl/α,β-unsaturated/α-hetero) is 1. The van der Waals surface area contributed by atoms with Gasteiger partial charge in [-0.3, -0.25) is 9.59 Å². The minimum Gasteiger partial charge on any atom is -0.481 e. The maximum atomic E-state index is 11.2. The number of fused-ring (bicyclic) bond motifs is 1. The molecule has 2 fully saturated rings. The summed E-state index contributed by atoms with van der Waals surface area (Å²) in [7, 11) is 0. The van der Waals surface area contributed by atoms with E-state index in [1.807, 2.05) is 6.92 Å². The number of hydrogen-bond donors (Lipinski definition) is 1. The summed E-state index contributed by atoms with van der Waals surface area (Å²) in [6.07, 6.45) is 1.84. The van der Waals surface area contributed by atoms with E-state index in [9.17, 15) is 9.59 Å². The second-order valence-electron chi connectivity index (χ2n) is 4.49. The number of epoxide rings is 1. The van der Waals surface area contributed by atoms with Crippen LogP contribution in [-0.2, 0) is 14.3 Å². The van der Waals surface area contributed by atoms with Crippen LogP contribution in [0.5, 0.6) is 0 Å². The summed E-state index contributed by atoms with van der Waals surface area (Å²) in [5.41, 5.74) is -0.100. The molecule has 1 aliphatic heterocycles. The van der Waals surface area contributed by atoms with Crippen molar-refractivity contribution in [1.82, 2.24) is 0 Å². The van der Waals surface area contributed by atoms with Gasteiger partial charge >= 0.3 is 5.97 Å². The molecule has 78 valence electrons. The first-order valence-electron chi connectivity index (χ1n) is 4.93. The van der Waals surface area contributed by atoms with Crippen LogP contribution in [0.25, 0.3) is 0 Å². The van der Waals surface area contributed by atoms with E-state index >= 15 is 0 Å². The van der Waals surface area contributed by atoms with Crippen LogP contribution in [0.1, 0.15) is 32.6 Å². The third-order valence-corrected chi connectivity index (χ3v) is 3.35. The highest BCUT2D eigenvalue weighted by atomic mass is 16.6. The molecule has 4 nitrogen and oxygen atoms in total. The Bertz CT molecular complexity index is 286. The Morgan fingerprint density at radius 3 is 3.07 bits per heavy atom. The number of aliphatic carboxylic acids is 1. The molecule has 2 aliphatic rings. The van der Waals surface area contributed by atoms with E-state index in [1.165, 1.54) is 0 Å². The number of carbonyl (C=O) groups is 2. The standard InChI is InChI=1S/C10H14O4/c1-10(5-3-7(12)13)4-2-6(11)8-9(10)14-8/h8-9H,2-5H2,1H3,(H,12,13)/t8-,9-,10-/m0/s1. The summed E-state index contributed by atoms with van der Waals surface area (Å²) in [5, 5.41) is 8.60. The molecule has 0 aromatic rings. The number of carbonyl (C=O) groups excluding carboxylic acids is 1. The average Bonchev–Trinajstić information content (AvgIpc) is 2.89. The van der Waals surface area contributed by atoms with Crippen LogP contribution in [0, 0.1) is 5.41 Å². The van der Waals surface area contributed by atoms with Crippen LogP contribution < -0.4 is 0 Å². The van der Waals surface area contributed by atoms with E-state index in [1.54, 1.807) is 0 Å². The lowest BCUT2D eigenvalue weighted by molar-refractivity contribution is -0.137. The van der Waals surface area contributed by atoms with Crippen LogP contribution in [0.2, 0.25) is 0 Å². The summed E-state index contributed by atoms with van der Waals surface area (Å²) in [6, 6.07) is 0. The van der Waals surface area contributed by atoms with Gasteiger partial charge in [0.2, 0.25) is 0 Å². The summed E-state index contributed by atoms with van der Waals surface area (Å²) in [4.78, 5) is 21.7. The SMILES string of the molecule is C[C@@]1(CCC(=O)O)CCC(=O)[C@@H]2O[C@@H]21. The monoisotopic (exact) mass is 198 g/mol. The zero-order valence-electron chi connectivity index (χ0n) is 8.16. The maximum absolute atomic E-state index is 11.2. The second kappa shape index (κ2) is 3.05. The van der Waals surface area contributed by atoms with Gasteiger partial charge in [0.1, 0.15) is 6.10 Å². The molecule has 0 spiro atoms. The minimum atomic E-state index is -0.777. The predicted octanol–water partition coefficient (Wildman–Crippen LogP) is 0.988. The van der Waals surface area contributed by atoms with Crippen LogP contribution in [0.3, 0.4) is 0 Å². The number of ketones is 1. The molecule has 0 unspecified atom stereocenters. The summed E-state index contributed by atoms with van der Waals surface area (Å²) in [6.45, 7) is 2.02. The first-order chi connectivity index (χ1) is 6.53. The van der Waals surface area contributed by atoms with Gasteiger partial charge in [-0.25, -0.2) is 0 Å². The molecule has 1 aliphatic carbocycles. The van der Waals surface area contributed by atoms with Gasteiger partial charge in [-0.1, -0.05) is 6.92 Å². The number of ether oxygens (including phenoxy) is 1. The Labute approximate surface area is 82.2 Å². The smallest absolute Gasteiger partial charge is 0.303 e. The van der Waals surface area contributed by atoms with Gasteiger partial charge < -0.3 is 9.84 Å². The van der Waals surface area contributed by atoms with Crippen molar-refractivity contribution in [2.45, 2.75) is 44.8 Å². The van der Waals surface area contributed by atoms with Crippen LogP contribution in [0.15, 0.2) is 0 Å². The van der Waals surface area contributed by atoms with Crippen molar-refractivity contribution in [3.05, 3.63) is 0 Å². The van der Waals surface area contributed by atoms with E-state index in [4.69, 9.17) is 9.84 Å². The Kier molecular flexibility index (Phi) is 2.10. The fourth-order valence-corrected chi connectivity index (χ4v) is 2.24. The highest BCUT2D eigenvalue weighted by Crippen LogP contribution is 2.49. The van der Waals surface area contributed by atoms with Gasteiger partial charge in [-0.15, -0.1) is 0 Å². The molecule has 0 aromatic heterocycles. The first-order valence-corrected chi connectivity index (χ1v) is 4.93. The third kappa shape index (κ3) is 1.54. The van der Waals surface area contributed by atoms with Gasteiger partial charge in [-0.05, 0) is 18.3 Å². The number of carboxylic acids is 1. The molecule has 0 amide bonds. The lowest BCUT2D eigenvalue weighted by Crippen LogP contribution is -2.33. The zero-order valence-corrected chi connectivity index (χ0v) is 8.16. The molecule has 1 N–H and O–H groups in total. The van der Waals surface area contributed by atoms with Gasteiger partial charge in [0.05, 0.1) is 6.10 Å². The van der Waals surface area contributed by atoms with Crippen molar-refractivity contribution in [3.63, 3.8) is 0 Å². The highest BCUT2D eigenvalue weighted by molar-refractivity contribution is 5.87. The van der Waals surface area contributed by atoms with E-state index in [0.29, 0.717) is 12.8 Å². The van der Waals surface area contributed by atoms with Gasteiger partial charge in [0.25, 0.3) is 0 Å².